The summed E-state index contributed by atoms with van der Waals surface area (Å²) in [5, 5.41) is 4.37. The molecule has 13 rings (SSSR count). The van der Waals surface area contributed by atoms with Gasteiger partial charge in [-0.1, -0.05) is 147 Å². The summed E-state index contributed by atoms with van der Waals surface area (Å²) in [5.74, 6) is 0. The number of anilines is 6. The van der Waals surface area contributed by atoms with Crippen LogP contribution in [0.5, 0.6) is 0 Å². The van der Waals surface area contributed by atoms with E-state index in [1.165, 1.54) is 27.8 Å². The van der Waals surface area contributed by atoms with Crippen LogP contribution < -0.4 is 9.80 Å². The Bertz CT molecular complexity index is 3860. The maximum atomic E-state index is 6.53. The van der Waals surface area contributed by atoms with Gasteiger partial charge in [0, 0.05) is 61.1 Å². The van der Waals surface area contributed by atoms with Gasteiger partial charge in [-0.25, -0.2) is 0 Å². The van der Waals surface area contributed by atoms with Gasteiger partial charge in [0.15, 0.2) is 0 Å². The van der Waals surface area contributed by atoms with Crippen LogP contribution in [0.25, 0.3) is 77.3 Å². The molecule has 2 aromatic heterocycles. The third kappa shape index (κ3) is 6.44. The number of fused-ring (bicyclic) bond motifs is 9. The van der Waals surface area contributed by atoms with Gasteiger partial charge in [0.2, 0.25) is 0 Å². The molecule has 2 heterocycles. The average Bonchev–Trinajstić information content (AvgIpc) is 4.01. The zero-order valence-corrected chi connectivity index (χ0v) is 37.2. The number of hydrogen-bond acceptors (Lipinski definition) is 4. The van der Waals surface area contributed by atoms with Crippen molar-refractivity contribution in [2.75, 3.05) is 9.80 Å². The lowest BCUT2D eigenvalue weighted by molar-refractivity contribution is 0.660. The van der Waals surface area contributed by atoms with Gasteiger partial charge in [-0.3, -0.25) is 0 Å². The normalized spacial score (nSPS) is 12.7. The topological polar surface area (TPSA) is 32.8 Å². The second-order valence-corrected chi connectivity index (χ2v) is 18.1. The molecule has 10 aromatic carbocycles. The minimum atomic E-state index is -0.123. The number of rotatable bonds is 8. The lowest BCUT2D eigenvalue weighted by atomic mass is 9.82. The molecule has 0 saturated heterocycles. The Morgan fingerprint density at radius 1 is 0.284 bits per heavy atom. The summed E-state index contributed by atoms with van der Waals surface area (Å²) in [5.41, 5.74) is 19.2. The molecule has 0 spiro atoms. The van der Waals surface area contributed by atoms with Gasteiger partial charge in [-0.2, -0.15) is 0 Å². The highest BCUT2D eigenvalue weighted by Crippen LogP contribution is 2.52. The van der Waals surface area contributed by atoms with Crippen LogP contribution in [-0.2, 0) is 5.41 Å². The van der Waals surface area contributed by atoms with E-state index < -0.39 is 0 Å². The summed E-state index contributed by atoms with van der Waals surface area (Å²) >= 11 is 0. The average molecular weight is 861 g/mol. The molecule has 4 nitrogen and oxygen atoms in total. The van der Waals surface area contributed by atoms with Crippen LogP contribution >= 0.6 is 0 Å². The van der Waals surface area contributed by atoms with E-state index in [0.29, 0.717) is 0 Å². The lowest BCUT2D eigenvalue weighted by Crippen LogP contribution is -2.16. The van der Waals surface area contributed by atoms with Crippen molar-refractivity contribution in [3.05, 3.63) is 242 Å². The molecular weight excluding hydrogens is 817 g/mol. The molecule has 0 radical (unpaired) electrons. The highest BCUT2D eigenvalue weighted by molar-refractivity contribution is 6.08. The van der Waals surface area contributed by atoms with Gasteiger partial charge in [0.1, 0.15) is 22.3 Å². The minimum absolute atomic E-state index is 0.123. The Hall–Kier alpha value is -8.60. The molecule has 0 aliphatic heterocycles. The fraction of sp³-hybridized carbons (Fsp3) is 0.0476. The van der Waals surface area contributed by atoms with E-state index in [9.17, 15) is 0 Å². The van der Waals surface area contributed by atoms with E-state index >= 15 is 0 Å². The highest BCUT2D eigenvalue weighted by atomic mass is 16.3. The molecule has 12 aromatic rings. The summed E-state index contributed by atoms with van der Waals surface area (Å²) in [6.07, 6.45) is 0. The fourth-order valence-corrected chi connectivity index (χ4v) is 10.6. The first kappa shape index (κ1) is 38.8. The molecule has 0 unspecified atom stereocenters. The van der Waals surface area contributed by atoms with Crippen LogP contribution in [0.4, 0.5) is 34.1 Å². The van der Waals surface area contributed by atoms with Crippen LogP contribution in [0, 0.1) is 0 Å². The van der Waals surface area contributed by atoms with Crippen molar-refractivity contribution < 1.29 is 8.83 Å². The van der Waals surface area contributed by atoms with Gasteiger partial charge in [-0.05, 0) is 142 Å². The first-order valence-corrected chi connectivity index (χ1v) is 23.0. The van der Waals surface area contributed by atoms with Crippen LogP contribution in [-0.4, -0.2) is 0 Å². The molecule has 67 heavy (non-hydrogen) atoms. The highest BCUT2D eigenvalue weighted by Gasteiger charge is 2.35. The molecule has 0 N–H and O–H groups in total. The van der Waals surface area contributed by atoms with Crippen molar-refractivity contribution >= 4 is 78.0 Å². The van der Waals surface area contributed by atoms with Gasteiger partial charge in [-0.15, -0.1) is 0 Å². The Labute approximate surface area is 389 Å². The quantitative estimate of drug-likeness (QED) is 0.152. The van der Waals surface area contributed by atoms with E-state index in [0.717, 1.165) is 94.7 Å². The Kier molecular flexibility index (Phi) is 8.84. The third-order valence-electron chi connectivity index (χ3n) is 13.8. The first-order valence-electron chi connectivity index (χ1n) is 23.0. The largest absolute Gasteiger partial charge is 0.456 e. The summed E-state index contributed by atoms with van der Waals surface area (Å²) in [7, 11) is 0. The first-order chi connectivity index (χ1) is 32.9. The molecule has 0 amide bonds. The molecule has 0 saturated carbocycles. The van der Waals surface area contributed by atoms with Crippen LogP contribution in [0.1, 0.15) is 25.0 Å². The Balaban J connectivity index is 1.08. The van der Waals surface area contributed by atoms with Gasteiger partial charge < -0.3 is 18.6 Å². The number of nitrogens with zero attached hydrogens (tertiary/aromatic N) is 2. The van der Waals surface area contributed by atoms with Crippen molar-refractivity contribution in [1.29, 1.82) is 0 Å². The van der Waals surface area contributed by atoms with Gasteiger partial charge >= 0.3 is 0 Å². The van der Waals surface area contributed by atoms with Crippen LogP contribution in [0.3, 0.4) is 0 Å². The monoisotopic (exact) mass is 860 g/mol. The minimum Gasteiger partial charge on any atom is -0.456 e. The number of benzene rings is 10. The Morgan fingerprint density at radius 3 is 1.60 bits per heavy atom. The summed E-state index contributed by atoms with van der Waals surface area (Å²) in [6.45, 7) is 4.68. The number of hydrogen-bond donors (Lipinski definition) is 0. The number of para-hydroxylation sites is 3. The maximum Gasteiger partial charge on any atom is 0.136 e. The van der Waals surface area contributed by atoms with Gasteiger partial charge in [0.05, 0.1) is 0 Å². The van der Waals surface area contributed by atoms with Crippen molar-refractivity contribution in [3.8, 4) is 33.4 Å². The fourth-order valence-electron chi connectivity index (χ4n) is 10.6. The second kappa shape index (κ2) is 15.3. The Morgan fingerprint density at radius 2 is 0.806 bits per heavy atom. The lowest BCUT2D eigenvalue weighted by Gasteiger charge is -2.31. The van der Waals surface area contributed by atoms with E-state index in [2.05, 4.69) is 230 Å². The predicted octanol–water partition coefficient (Wildman–Crippen LogP) is 18.1. The third-order valence-corrected chi connectivity index (χ3v) is 13.8. The van der Waals surface area contributed by atoms with E-state index in [1.54, 1.807) is 0 Å². The van der Waals surface area contributed by atoms with E-state index in [4.69, 9.17) is 8.83 Å². The van der Waals surface area contributed by atoms with Crippen LogP contribution in [0.2, 0.25) is 0 Å². The summed E-state index contributed by atoms with van der Waals surface area (Å²) in [6, 6.07) is 82.9. The van der Waals surface area contributed by atoms with E-state index in [-0.39, 0.29) is 5.41 Å². The van der Waals surface area contributed by atoms with Gasteiger partial charge in [0.25, 0.3) is 0 Å². The molecule has 318 valence electrons. The summed E-state index contributed by atoms with van der Waals surface area (Å²) in [4.78, 5) is 4.80. The summed E-state index contributed by atoms with van der Waals surface area (Å²) < 4.78 is 12.9. The van der Waals surface area contributed by atoms with Crippen molar-refractivity contribution in [2.24, 2.45) is 0 Å². The molecular formula is C63H44N2O2. The van der Waals surface area contributed by atoms with Crippen molar-refractivity contribution in [1.82, 2.24) is 0 Å². The smallest absolute Gasteiger partial charge is 0.136 e. The zero-order chi connectivity index (χ0) is 44.6. The molecule has 0 fully saturated rings. The zero-order valence-electron chi connectivity index (χ0n) is 37.2. The second-order valence-electron chi connectivity index (χ2n) is 18.1. The molecule has 4 heteroatoms. The van der Waals surface area contributed by atoms with Crippen molar-refractivity contribution in [3.63, 3.8) is 0 Å². The number of furan rings is 2. The molecule has 0 atom stereocenters. The maximum absolute atomic E-state index is 6.53. The molecule has 1 aliphatic carbocycles. The SMILES string of the molecule is CC1(C)c2ccccc2-c2cc(N(c3cccc(-c4ccccc4)c3)c3cc(-c4ccc5c(c4)oc4ccccc45)cc(N(c4ccccc4)c4ccc5oc6ccccc6c5c4)c3)ccc21. The van der Waals surface area contributed by atoms with E-state index in [1.807, 2.05) is 24.3 Å². The van der Waals surface area contributed by atoms with Crippen molar-refractivity contribution in [2.45, 2.75) is 19.3 Å². The molecule has 1 aliphatic rings. The van der Waals surface area contributed by atoms with Crippen LogP contribution in [0.15, 0.2) is 239 Å². The standard InChI is InChI=1S/C63H44N2O2/c1-63(2)57-25-12-9-22-51(57)55-39-47(29-32-58(55)63)65(46-21-15-18-42(34-46)41-16-5-3-6-17-41)50-36-44(43-28-31-54-52-23-10-13-26-59(52)67-62(54)37-43)35-49(38-50)64(45-19-7-4-8-20-45)48-30-33-61-56(40-48)53-24-11-14-27-60(53)66-61/h3-40H,1-2H3. The molecule has 0 bridgehead atoms. The predicted molar refractivity (Wildman–Crippen MR) is 279 cm³/mol.